The lowest BCUT2D eigenvalue weighted by Crippen LogP contribution is -2.28. The first kappa shape index (κ1) is 19.4. The van der Waals surface area contributed by atoms with Crippen LogP contribution in [-0.2, 0) is 17.5 Å². The van der Waals surface area contributed by atoms with Gasteiger partial charge in [0.25, 0.3) is 0 Å². The second kappa shape index (κ2) is 8.36. The zero-order valence-corrected chi connectivity index (χ0v) is 18.5. The Bertz CT molecular complexity index is 1430. The maximum absolute atomic E-state index is 13.7. The van der Waals surface area contributed by atoms with E-state index >= 15 is 0 Å². The lowest BCUT2D eigenvalue weighted by atomic mass is 10.1. The molecular weight excluding hydrogens is 463 g/mol. The Labute approximate surface area is 202 Å². The molecule has 1 fully saturated rings. The Kier molecular flexibility index (Phi) is 4.62. The van der Waals surface area contributed by atoms with Gasteiger partial charge in [0.2, 0.25) is 11.7 Å². The van der Waals surface area contributed by atoms with Crippen molar-refractivity contribution in [2.45, 2.75) is 38.8 Å². The van der Waals surface area contributed by atoms with Crippen molar-refractivity contribution in [3.8, 4) is 5.69 Å². The normalized spacial score (nSPS) is 16.5. The maximum Gasteiger partial charge on any atom is 0.452 e. The Morgan fingerprint density at radius 3 is 2.74 bits per heavy atom. The molecule has 1 amide bonds. The van der Waals surface area contributed by atoms with Gasteiger partial charge in [-0.15, -0.1) is 10.2 Å². The molecule has 1 aliphatic carbocycles. The van der Waals surface area contributed by atoms with E-state index in [4.69, 9.17) is 4.11 Å². The van der Waals surface area contributed by atoms with Crippen LogP contribution in [0.2, 0.25) is 0 Å². The number of ketones is 1. The molecule has 0 bridgehead atoms. The monoisotopic (exact) mass is 488 g/mol. The van der Waals surface area contributed by atoms with E-state index in [0.717, 1.165) is 17.4 Å². The number of aromatic nitrogens is 4. The predicted octanol–water partition coefficient (Wildman–Crippen LogP) is 4.32. The van der Waals surface area contributed by atoms with Crippen molar-refractivity contribution in [2.24, 2.45) is 5.92 Å². The fraction of sp³-hybridized carbons (Fsp3) is 0.348. The van der Waals surface area contributed by atoms with Gasteiger partial charge in [-0.3, -0.25) is 14.2 Å². The summed E-state index contributed by atoms with van der Waals surface area (Å²) in [6.45, 7) is -2.50. The highest BCUT2D eigenvalue weighted by atomic mass is 19.4. The van der Waals surface area contributed by atoms with Crippen LogP contribution in [0.25, 0.3) is 5.69 Å². The third kappa shape index (κ3) is 4.19. The van der Waals surface area contributed by atoms with Crippen LogP contribution in [0.1, 0.15) is 52.2 Å². The summed E-state index contributed by atoms with van der Waals surface area (Å²) in [7, 11) is 1.67. The van der Waals surface area contributed by atoms with Crippen molar-refractivity contribution in [1.29, 1.82) is 0 Å². The Hall–Kier alpha value is -3.96. The molecule has 1 saturated carbocycles. The molecule has 1 aromatic carbocycles. The number of carbonyl (C=O) groups excluding carboxylic acids is 2. The fourth-order valence-electron chi connectivity index (χ4n) is 4.02. The van der Waals surface area contributed by atoms with E-state index < -0.39 is 31.1 Å². The molecule has 1 aliphatic heterocycles. The van der Waals surface area contributed by atoms with Crippen LogP contribution in [0.4, 0.5) is 36.1 Å². The van der Waals surface area contributed by atoms with E-state index in [9.17, 15) is 22.8 Å². The number of hydrogen-bond acceptors (Lipinski definition) is 7. The van der Waals surface area contributed by atoms with E-state index in [2.05, 4.69) is 25.8 Å². The highest BCUT2D eigenvalue weighted by molar-refractivity contribution is 6.03. The van der Waals surface area contributed by atoms with E-state index in [-0.39, 0.29) is 47.0 Å². The number of carbonyl (C=O) groups is 2. The van der Waals surface area contributed by atoms with Crippen LogP contribution in [0.3, 0.4) is 0 Å². The fourth-order valence-corrected chi connectivity index (χ4v) is 4.02. The van der Waals surface area contributed by atoms with Crippen molar-refractivity contribution < 1.29 is 26.9 Å². The summed E-state index contributed by atoms with van der Waals surface area (Å²) >= 11 is 0. The molecular formula is C23H22F3N7O2. The minimum atomic E-state index is -4.74. The average Bonchev–Trinajstić information content (AvgIpc) is 3.56. The largest absolute Gasteiger partial charge is 0.452 e. The summed E-state index contributed by atoms with van der Waals surface area (Å²) in [4.78, 5) is 30.9. The number of rotatable bonds is 6. The number of pyridine rings is 1. The number of alkyl halides is 3. The first-order valence-corrected chi connectivity index (χ1v) is 10.8. The number of nitrogens with one attached hydrogen (secondary N) is 2. The van der Waals surface area contributed by atoms with Gasteiger partial charge in [-0.05, 0) is 25.0 Å². The van der Waals surface area contributed by atoms with E-state index in [0.29, 0.717) is 11.4 Å². The lowest BCUT2D eigenvalue weighted by Gasteiger charge is -2.31. The average molecular weight is 488 g/mol. The van der Waals surface area contributed by atoms with Gasteiger partial charge in [-0.25, -0.2) is 4.98 Å². The lowest BCUT2D eigenvalue weighted by molar-refractivity contribution is -0.146. The van der Waals surface area contributed by atoms with Crippen LogP contribution < -0.4 is 15.5 Å². The summed E-state index contributed by atoms with van der Waals surface area (Å²) in [5.41, 5.74) is 0.990. The predicted molar refractivity (Wildman–Crippen MR) is 122 cm³/mol. The highest BCUT2D eigenvalue weighted by Gasteiger charge is 2.41. The van der Waals surface area contributed by atoms with E-state index in [1.807, 2.05) is 0 Å². The molecule has 9 nitrogen and oxygen atoms in total. The Balaban J connectivity index is 1.57. The molecule has 35 heavy (non-hydrogen) atoms. The molecule has 182 valence electrons. The van der Waals surface area contributed by atoms with Gasteiger partial charge >= 0.3 is 6.18 Å². The summed E-state index contributed by atoms with van der Waals surface area (Å²) in [5, 5.41) is 12.8. The molecule has 5 rings (SSSR count). The van der Waals surface area contributed by atoms with Crippen LogP contribution in [0.15, 0.2) is 30.5 Å². The second-order valence-corrected chi connectivity index (χ2v) is 8.41. The van der Waals surface area contributed by atoms with Gasteiger partial charge < -0.3 is 15.5 Å². The molecule has 2 N–H and O–H groups in total. The van der Waals surface area contributed by atoms with Gasteiger partial charge in [0, 0.05) is 35.8 Å². The second-order valence-electron chi connectivity index (χ2n) is 8.41. The molecule has 12 heteroatoms. The van der Waals surface area contributed by atoms with Crippen LogP contribution >= 0.6 is 0 Å². The molecule has 3 heterocycles. The summed E-state index contributed by atoms with van der Waals surface area (Å²) in [6, 6.07) is 6.04. The van der Waals surface area contributed by atoms with E-state index in [1.54, 1.807) is 18.0 Å². The summed E-state index contributed by atoms with van der Waals surface area (Å²) in [6.07, 6.45) is -2.78. The molecule has 0 saturated heterocycles. The van der Waals surface area contributed by atoms with Gasteiger partial charge in [0.1, 0.15) is 5.82 Å². The molecule has 2 aromatic heterocycles. The molecule has 3 aromatic rings. The number of fused-ring (bicyclic) bond motifs is 3. The number of benzene rings is 1. The molecule has 0 unspecified atom stereocenters. The van der Waals surface area contributed by atoms with Crippen molar-refractivity contribution in [3.63, 3.8) is 0 Å². The third-order valence-electron chi connectivity index (χ3n) is 5.83. The zero-order chi connectivity index (χ0) is 27.4. The smallest absolute Gasteiger partial charge is 0.364 e. The number of hydrogen-bond donors (Lipinski definition) is 2. The zero-order valence-electron chi connectivity index (χ0n) is 21.5. The Morgan fingerprint density at radius 2 is 2.03 bits per heavy atom. The number of amides is 1. The number of para-hydroxylation sites is 1. The molecule has 0 spiro atoms. The summed E-state index contributed by atoms with van der Waals surface area (Å²) < 4.78 is 64.3. The Morgan fingerprint density at radius 1 is 1.23 bits per heavy atom. The summed E-state index contributed by atoms with van der Waals surface area (Å²) in [5.74, 6) is -1.96. The minimum Gasteiger partial charge on any atom is -0.364 e. The van der Waals surface area contributed by atoms with E-state index in [1.165, 1.54) is 24.4 Å². The maximum atomic E-state index is 13.7. The van der Waals surface area contributed by atoms with Crippen LogP contribution in [0.5, 0.6) is 0 Å². The number of anilines is 4. The van der Waals surface area contributed by atoms with Gasteiger partial charge in [0.05, 0.1) is 34.9 Å². The number of halogens is 3. The molecule has 2 aliphatic rings. The van der Waals surface area contributed by atoms with Gasteiger partial charge in [-0.2, -0.15) is 13.2 Å². The van der Waals surface area contributed by atoms with Crippen molar-refractivity contribution >= 4 is 34.6 Å². The number of Topliss-reactive ketones (excluding diaryl/α,β-unsaturated/α-hetero) is 1. The standard InChI is InChI=1S/C23H22F3N7O2/c1-3-17(34)13-10-27-18(29-21(35)12-7-8-12)9-15(13)28-14-5-4-6-16-20(14)32(2)11-19-30-31-22(33(16)19)23(24,25)26/h4-6,9-10,12H,3,7-8,11H2,1-2H3,(H2,27,28,29,35)/i1D3. The van der Waals surface area contributed by atoms with Crippen molar-refractivity contribution in [1.82, 2.24) is 19.7 Å². The quantitative estimate of drug-likeness (QED) is 0.498. The van der Waals surface area contributed by atoms with Crippen molar-refractivity contribution in [2.75, 3.05) is 22.6 Å². The molecule has 0 radical (unpaired) electrons. The molecule has 0 atom stereocenters. The first-order chi connectivity index (χ1) is 17.8. The first-order valence-electron chi connectivity index (χ1n) is 12.3. The number of nitrogens with zero attached hydrogens (tertiary/aromatic N) is 5. The van der Waals surface area contributed by atoms with Crippen molar-refractivity contribution in [3.05, 3.63) is 47.7 Å². The van der Waals surface area contributed by atoms with Crippen LogP contribution in [-0.4, -0.2) is 38.5 Å². The van der Waals surface area contributed by atoms with Gasteiger partial charge in [-0.1, -0.05) is 12.9 Å². The highest BCUT2D eigenvalue weighted by Crippen LogP contribution is 2.42. The topological polar surface area (TPSA) is 105 Å². The SMILES string of the molecule is [2H]C([2H])([2H])CC(=O)c1cnc(NC(=O)C2CC2)cc1Nc1cccc2c1N(C)Cc1nnc(C(F)(F)F)n1-2. The minimum absolute atomic E-state index is 0.0264. The third-order valence-corrected chi connectivity index (χ3v) is 5.83. The van der Waals surface area contributed by atoms with Gasteiger partial charge in [0.15, 0.2) is 11.6 Å². The van der Waals surface area contributed by atoms with Crippen LogP contribution in [0, 0.1) is 5.92 Å².